The van der Waals surface area contributed by atoms with Crippen molar-refractivity contribution in [2.45, 2.75) is 50.1 Å². The Hall–Kier alpha value is -2.55. The van der Waals surface area contributed by atoms with Gasteiger partial charge in [-0.25, -0.2) is 4.79 Å². The monoisotopic (exact) mass is 558 g/mol. The average molecular weight is 560 g/mol. The van der Waals surface area contributed by atoms with Gasteiger partial charge in [-0.15, -0.1) is 0 Å². The Morgan fingerprint density at radius 3 is 2.77 bits per heavy atom. The van der Waals surface area contributed by atoms with E-state index in [1.54, 1.807) is 6.07 Å². The lowest BCUT2D eigenvalue weighted by Crippen LogP contribution is -2.38. The first-order chi connectivity index (χ1) is 16.9. The molecule has 1 aliphatic carbocycles. The van der Waals surface area contributed by atoms with Gasteiger partial charge in [-0.3, -0.25) is 4.79 Å². The molecule has 1 aliphatic heterocycles. The van der Waals surface area contributed by atoms with Crippen molar-refractivity contribution in [3.05, 3.63) is 61.8 Å². The molecule has 7 nitrogen and oxygen atoms in total. The molecule has 35 heavy (non-hydrogen) atoms. The minimum atomic E-state index is -0.591. The summed E-state index contributed by atoms with van der Waals surface area (Å²) in [5, 5.41) is 7.61. The molecular formula is C26H28BrClN4O3. The molecule has 0 bridgehead atoms. The Kier molecular flexibility index (Phi) is 6.79. The minimum absolute atomic E-state index is 0.249. The van der Waals surface area contributed by atoms with Crippen LogP contribution in [0.5, 0.6) is 5.75 Å². The lowest BCUT2D eigenvalue weighted by Gasteiger charge is -2.24. The number of amides is 2. The van der Waals surface area contributed by atoms with Gasteiger partial charge in [-0.1, -0.05) is 46.1 Å². The summed E-state index contributed by atoms with van der Waals surface area (Å²) in [6.45, 7) is 1.50. The van der Waals surface area contributed by atoms with E-state index in [-0.39, 0.29) is 5.56 Å². The number of aromatic nitrogens is 1. The van der Waals surface area contributed by atoms with E-state index in [9.17, 15) is 9.59 Å². The Morgan fingerprint density at radius 2 is 2.09 bits per heavy atom. The number of nitrogens with one attached hydrogen (secondary N) is 3. The molecule has 2 aliphatic rings. The number of carbonyl (C=O) groups excluding carboxylic acids is 1. The van der Waals surface area contributed by atoms with Crippen LogP contribution in [-0.2, 0) is 5.54 Å². The predicted molar refractivity (Wildman–Crippen MR) is 142 cm³/mol. The summed E-state index contributed by atoms with van der Waals surface area (Å²) >= 11 is 10.1. The molecule has 184 valence electrons. The van der Waals surface area contributed by atoms with Crippen LogP contribution in [-0.4, -0.2) is 30.2 Å². The molecule has 3 aromatic rings. The number of benzene rings is 2. The van der Waals surface area contributed by atoms with Crippen molar-refractivity contribution in [3.8, 4) is 16.9 Å². The SMILES string of the molecule is NC(=O)NC1(c2cc3c(OCCC4CCCCN4)c(-c4cccc(Br)c4)c(=O)[nH]c3cc2Cl)CC1. The number of pyridine rings is 1. The molecule has 0 spiro atoms. The zero-order chi connectivity index (χ0) is 24.6. The lowest BCUT2D eigenvalue weighted by molar-refractivity contribution is 0.244. The largest absolute Gasteiger partial charge is 0.492 e. The Labute approximate surface area is 216 Å². The summed E-state index contributed by atoms with van der Waals surface area (Å²) in [5.74, 6) is 0.519. The van der Waals surface area contributed by atoms with E-state index in [0.717, 1.165) is 53.2 Å². The van der Waals surface area contributed by atoms with E-state index in [1.165, 1.54) is 12.8 Å². The molecule has 5 N–H and O–H groups in total. The van der Waals surface area contributed by atoms with E-state index >= 15 is 0 Å². The van der Waals surface area contributed by atoms with Gasteiger partial charge in [0.2, 0.25) is 0 Å². The summed E-state index contributed by atoms with van der Waals surface area (Å²) in [6, 6.07) is 11.1. The van der Waals surface area contributed by atoms with Gasteiger partial charge in [0.05, 0.1) is 23.2 Å². The number of piperidine rings is 1. The number of urea groups is 1. The Balaban J connectivity index is 1.62. The van der Waals surface area contributed by atoms with Crippen LogP contribution in [0.1, 0.15) is 44.1 Å². The number of halogens is 2. The Morgan fingerprint density at radius 1 is 1.26 bits per heavy atom. The molecule has 0 radical (unpaired) electrons. The van der Waals surface area contributed by atoms with Crippen LogP contribution in [0.4, 0.5) is 4.79 Å². The van der Waals surface area contributed by atoms with Gasteiger partial charge in [-0.05, 0) is 74.0 Å². The van der Waals surface area contributed by atoms with Crippen LogP contribution in [0, 0.1) is 0 Å². The molecule has 1 saturated heterocycles. The lowest BCUT2D eigenvalue weighted by atomic mass is 9.98. The Bertz CT molecular complexity index is 1330. The van der Waals surface area contributed by atoms with Gasteiger partial charge in [0.25, 0.3) is 5.56 Å². The number of H-pyrrole nitrogens is 1. The number of nitrogens with two attached hydrogens (primary N) is 1. The minimum Gasteiger partial charge on any atom is -0.492 e. The third kappa shape index (κ3) is 5.06. The van der Waals surface area contributed by atoms with Crippen LogP contribution >= 0.6 is 27.5 Å². The highest BCUT2D eigenvalue weighted by molar-refractivity contribution is 9.10. The first-order valence-corrected chi connectivity index (χ1v) is 13.1. The number of rotatable bonds is 7. The maximum atomic E-state index is 13.3. The van der Waals surface area contributed by atoms with Gasteiger partial charge < -0.3 is 26.1 Å². The first-order valence-electron chi connectivity index (χ1n) is 12.0. The fourth-order valence-corrected chi connectivity index (χ4v) is 5.75. The maximum absolute atomic E-state index is 13.3. The van der Waals surface area contributed by atoms with E-state index in [0.29, 0.717) is 34.5 Å². The molecule has 5 rings (SSSR count). The van der Waals surface area contributed by atoms with Crippen molar-refractivity contribution in [2.24, 2.45) is 5.73 Å². The van der Waals surface area contributed by atoms with Crippen LogP contribution in [0.2, 0.25) is 5.02 Å². The van der Waals surface area contributed by atoms with Gasteiger partial charge >= 0.3 is 6.03 Å². The summed E-state index contributed by atoms with van der Waals surface area (Å²) in [7, 11) is 0. The van der Waals surface area contributed by atoms with Gasteiger partial charge in [0, 0.05) is 20.9 Å². The van der Waals surface area contributed by atoms with Gasteiger partial charge in [0.15, 0.2) is 0 Å². The van der Waals surface area contributed by atoms with Crippen LogP contribution < -0.4 is 26.7 Å². The number of primary amides is 1. The van der Waals surface area contributed by atoms with Crippen molar-refractivity contribution in [2.75, 3.05) is 13.2 Å². The first kappa shape index (κ1) is 24.2. The normalized spacial score (nSPS) is 18.9. The summed E-state index contributed by atoms with van der Waals surface area (Å²) in [6.07, 6.45) is 5.87. The molecule has 2 heterocycles. The molecule has 2 amide bonds. The predicted octanol–water partition coefficient (Wildman–Crippen LogP) is 5.18. The van der Waals surface area contributed by atoms with Crippen molar-refractivity contribution >= 4 is 44.5 Å². The third-order valence-electron chi connectivity index (χ3n) is 6.92. The van der Waals surface area contributed by atoms with E-state index < -0.39 is 11.6 Å². The molecule has 1 aromatic heterocycles. The second-order valence-electron chi connectivity index (χ2n) is 9.40. The van der Waals surface area contributed by atoms with Crippen LogP contribution in [0.3, 0.4) is 0 Å². The number of hydrogen-bond acceptors (Lipinski definition) is 4. The van der Waals surface area contributed by atoms with E-state index in [1.807, 2.05) is 30.3 Å². The molecule has 2 aromatic carbocycles. The molecule has 9 heteroatoms. The molecular weight excluding hydrogens is 532 g/mol. The fraction of sp³-hybridized carbons (Fsp3) is 0.385. The summed E-state index contributed by atoms with van der Waals surface area (Å²) < 4.78 is 7.27. The average Bonchev–Trinajstić information content (AvgIpc) is 3.58. The second kappa shape index (κ2) is 9.84. The molecule has 1 saturated carbocycles. The van der Waals surface area contributed by atoms with Crippen molar-refractivity contribution < 1.29 is 9.53 Å². The zero-order valence-electron chi connectivity index (χ0n) is 19.3. The smallest absolute Gasteiger partial charge is 0.312 e. The van der Waals surface area contributed by atoms with Gasteiger partial charge in [0.1, 0.15) is 5.75 Å². The zero-order valence-corrected chi connectivity index (χ0v) is 21.6. The highest BCUT2D eigenvalue weighted by Gasteiger charge is 2.47. The number of carbonyl (C=O) groups is 1. The van der Waals surface area contributed by atoms with Crippen molar-refractivity contribution in [3.63, 3.8) is 0 Å². The number of hydrogen-bond donors (Lipinski definition) is 4. The standard InChI is InChI=1S/C26H28BrClN4O3/c27-16-5-3-4-15(12-16)22-23(35-11-7-17-6-1-2-10-30-17)18-13-19(26(8-9-26)32-25(29)34)20(28)14-21(18)31-24(22)33/h3-5,12-14,17,30H,1-2,6-11H2,(H,31,33)(H3,29,32,34). The summed E-state index contributed by atoms with van der Waals surface area (Å²) in [4.78, 5) is 27.9. The maximum Gasteiger partial charge on any atom is 0.312 e. The summed E-state index contributed by atoms with van der Waals surface area (Å²) in [5.41, 5.74) is 7.19. The molecule has 1 unspecified atom stereocenters. The van der Waals surface area contributed by atoms with E-state index in [4.69, 9.17) is 22.1 Å². The van der Waals surface area contributed by atoms with E-state index in [2.05, 4.69) is 31.5 Å². The highest BCUT2D eigenvalue weighted by atomic mass is 79.9. The topological polar surface area (TPSA) is 109 Å². The quantitative estimate of drug-likeness (QED) is 0.320. The van der Waals surface area contributed by atoms with Gasteiger partial charge in [-0.2, -0.15) is 0 Å². The number of fused-ring (bicyclic) bond motifs is 1. The van der Waals surface area contributed by atoms with Crippen LogP contribution in [0.15, 0.2) is 45.7 Å². The molecule has 2 fully saturated rings. The van der Waals surface area contributed by atoms with Crippen molar-refractivity contribution in [1.29, 1.82) is 0 Å². The number of ether oxygens (including phenoxy) is 1. The van der Waals surface area contributed by atoms with Crippen molar-refractivity contribution in [1.82, 2.24) is 15.6 Å². The third-order valence-corrected chi connectivity index (χ3v) is 7.73. The fourth-order valence-electron chi connectivity index (χ4n) is 5.01. The molecule has 1 atom stereocenters. The number of aromatic amines is 1. The highest BCUT2D eigenvalue weighted by Crippen LogP contribution is 2.49. The second-order valence-corrected chi connectivity index (χ2v) is 10.7. The van der Waals surface area contributed by atoms with Crippen LogP contribution in [0.25, 0.3) is 22.0 Å².